The highest BCUT2D eigenvalue weighted by molar-refractivity contribution is 6.32. The molecule has 0 saturated carbocycles. The minimum absolute atomic E-state index is 0.0408. The lowest BCUT2D eigenvalue weighted by molar-refractivity contribution is -0.0349. The molecule has 3 fully saturated rings. The predicted octanol–water partition coefficient (Wildman–Crippen LogP) is 6.38. The van der Waals surface area contributed by atoms with E-state index in [9.17, 15) is 4.79 Å². The summed E-state index contributed by atoms with van der Waals surface area (Å²) in [6, 6.07) is 8.47. The van der Waals surface area contributed by atoms with Crippen molar-refractivity contribution in [2.24, 2.45) is 11.3 Å². The van der Waals surface area contributed by atoms with Crippen LogP contribution in [0.5, 0.6) is 5.75 Å². The van der Waals surface area contributed by atoms with Gasteiger partial charge in [-0.1, -0.05) is 31.5 Å². The quantitative estimate of drug-likeness (QED) is 0.517. The van der Waals surface area contributed by atoms with Gasteiger partial charge in [0.05, 0.1) is 17.2 Å². The number of halogens is 2. The zero-order chi connectivity index (χ0) is 24.9. The first-order valence-electron chi connectivity index (χ1n) is 12.6. The molecule has 2 bridgehead atoms. The van der Waals surface area contributed by atoms with E-state index in [1.807, 2.05) is 19.9 Å². The molecule has 1 N–H and O–H groups in total. The van der Waals surface area contributed by atoms with E-state index in [1.165, 1.54) is 0 Å². The van der Waals surface area contributed by atoms with E-state index in [0.717, 1.165) is 50.0 Å². The third-order valence-corrected chi connectivity index (χ3v) is 8.00. The van der Waals surface area contributed by atoms with E-state index < -0.39 is 6.09 Å². The first-order valence-corrected chi connectivity index (χ1v) is 13.0. The number of nitrogens with one attached hydrogen (secondary N) is 1. The van der Waals surface area contributed by atoms with Crippen LogP contribution in [0.15, 0.2) is 30.3 Å². The van der Waals surface area contributed by atoms with E-state index in [1.54, 1.807) is 24.3 Å². The molecule has 3 heterocycles. The number of rotatable bonds is 5. The van der Waals surface area contributed by atoms with Gasteiger partial charge in [0.1, 0.15) is 17.7 Å². The smallest absolute Gasteiger partial charge is 0.407 e. The molecule has 1 amide bonds. The molecule has 7 heteroatoms. The average molecular weight is 501 g/mol. The van der Waals surface area contributed by atoms with Gasteiger partial charge in [-0.05, 0) is 98.5 Å². The summed E-state index contributed by atoms with van der Waals surface area (Å²) in [6.07, 6.45) is 2.38. The summed E-state index contributed by atoms with van der Waals surface area (Å²) >= 11 is 6.28. The number of amides is 1. The first-order chi connectivity index (χ1) is 16.6. The Bertz CT molecular complexity index is 1130. The molecule has 2 aromatic rings. The fourth-order valence-corrected chi connectivity index (χ4v) is 6.07. The Morgan fingerprint density at radius 2 is 1.94 bits per heavy atom. The van der Waals surface area contributed by atoms with E-state index in [0.29, 0.717) is 27.8 Å². The zero-order valence-electron chi connectivity index (χ0n) is 20.9. The second-order valence-electron chi connectivity index (χ2n) is 11.2. The van der Waals surface area contributed by atoms with Crippen molar-refractivity contribution in [1.82, 2.24) is 10.2 Å². The highest BCUT2D eigenvalue weighted by atomic mass is 35.5. The summed E-state index contributed by atoms with van der Waals surface area (Å²) < 4.78 is 27.1. The molecular formula is C28H34ClFN2O3. The van der Waals surface area contributed by atoms with Crippen molar-refractivity contribution in [3.8, 4) is 16.9 Å². The maximum atomic E-state index is 15.4. The van der Waals surface area contributed by atoms with Crippen LogP contribution in [-0.2, 0) is 11.2 Å². The maximum Gasteiger partial charge on any atom is 0.407 e. The van der Waals surface area contributed by atoms with Crippen LogP contribution in [0.2, 0.25) is 5.02 Å². The van der Waals surface area contributed by atoms with Crippen LogP contribution in [0.3, 0.4) is 0 Å². The number of carbonyl (C=O) groups is 1. The number of hydrogen-bond acceptors (Lipinski definition) is 4. The van der Waals surface area contributed by atoms with Gasteiger partial charge in [0.15, 0.2) is 0 Å². The molecule has 0 unspecified atom stereocenters. The van der Waals surface area contributed by atoms with Crippen molar-refractivity contribution in [3.63, 3.8) is 0 Å². The summed E-state index contributed by atoms with van der Waals surface area (Å²) in [5.74, 6) is 0.643. The minimum Gasteiger partial charge on any atom is -0.489 e. The topological polar surface area (TPSA) is 50.8 Å². The molecule has 5 nitrogen and oxygen atoms in total. The van der Waals surface area contributed by atoms with Crippen LogP contribution >= 0.6 is 11.6 Å². The van der Waals surface area contributed by atoms with Crippen molar-refractivity contribution in [2.45, 2.75) is 65.2 Å². The molecule has 4 aliphatic rings. The fraction of sp³-hybridized carbons (Fsp3) is 0.536. The highest BCUT2D eigenvalue weighted by Gasteiger charge is 2.42. The standard InChI is InChI=1S/C28H34ClFN2O3/c1-16(2)34-24-12-18(5-6-22(24)29)20-11-19-14-28(3,4)26(21(19)13-23(20)30)31-27(33)35-25-15-32-9-7-17(25)8-10-32/h5-6,11-13,16-17,25-26H,7-10,14-15H2,1-4H3,(H,31,33)/t25-,26-/m0/s1. The van der Waals surface area contributed by atoms with E-state index in [2.05, 4.69) is 24.1 Å². The van der Waals surface area contributed by atoms with Gasteiger partial charge in [0.25, 0.3) is 0 Å². The third kappa shape index (κ3) is 4.88. The van der Waals surface area contributed by atoms with Gasteiger partial charge in [-0.2, -0.15) is 0 Å². The second-order valence-corrected chi connectivity index (χ2v) is 11.6. The molecule has 2 atom stereocenters. The van der Waals surface area contributed by atoms with Gasteiger partial charge in [-0.3, -0.25) is 4.90 Å². The minimum atomic E-state index is -0.410. The van der Waals surface area contributed by atoms with Crippen LogP contribution < -0.4 is 10.1 Å². The number of fused-ring (bicyclic) bond motifs is 4. The van der Waals surface area contributed by atoms with E-state index >= 15 is 4.39 Å². The number of hydrogen-bond donors (Lipinski definition) is 1. The number of alkyl carbamates (subject to hydrolysis) is 1. The molecule has 0 spiro atoms. The van der Waals surface area contributed by atoms with Crippen LogP contribution in [0.1, 0.15) is 57.7 Å². The number of piperidine rings is 3. The largest absolute Gasteiger partial charge is 0.489 e. The first kappa shape index (κ1) is 24.4. The molecule has 3 saturated heterocycles. The van der Waals surface area contributed by atoms with Crippen LogP contribution in [-0.4, -0.2) is 42.8 Å². The van der Waals surface area contributed by atoms with Crippen molar-refractivity contribution >= 4 is 17.7 Å². The summed E-state index contributed by atoms with van der Waals surface area (Å²) in [5.41, 5.74) is 2.78. The van der Waals surface area contributed by atoms with Gasteiger partial charge in [-0.15, -0.1) is 0 Å². The number of carbonyl (C=O) groups excluding carboxylic acids is 1. The molecular weight excluding hydrogens is 467 g/mol. The number of ether oxygens (including phenoxy) is 2. The second kappa shape index (κ2) is 9.29. The Labute approximate surface area is 211 Å². The van der Waals surface area contributed by atoms with Crippen LogP contribution in [0, 0.1) is 17.2 Å². The van der Waals surface area contributed by atoms with Gasteiger partial charge in [-0.25, -0.2) is 9.18 Å². The highest BCUT2D eigenvalue weighted by Crippen LogP contribution is 2.47. The van der Waals surface area contributed by atoms with Gasteiger partial charge < -0.3 is 14.8 Å². The Balaban J connectivity index is 1.37. The monoisotopic (exact) mass is 500 g/mol. The van der Waals surface area contributed by atoms with Crippen LogP contribution in [0.25, 0.3) is 11.1 Å². The lowest BCUT2D eigenvalue weighted by Gasteiger charge is -2.44. The molecule has 3 aliphatic heterocycles. The Morgan fingerprint density at radius 1 is 1.20 bits per heavy atom. The molecule has 0 aromatic heterocycles. The van der Waals surface area contributed by atoms with Gasteiger partial charge in [0, 0.05) is 12.1 Å². The molecule has 0 radical (unpaired) electrons. The fourth-order valence-electron chi connectivity index (χ4n) is 5.91. The summed E-state index contributed by atoms with van der Waals surface area (Å²) in [4.78, 5) is 15.3. The van der Waals surface area contributed by atoms with Crippen LogP contribution in [0.4, 0.5) is 9.18 Å². The molecule has 2 aromatic carbocycles. The molecule has 6 rings (SSSR count). The number of nitrogens with zero attached hydrogens (tertiary/aromatic N) is 1. The summed E-state index contributed by atoms with van der Waals surface area (Å²) in [7, 11) is 0. The summed E-state index contributed by atoms with van der Waals surface area (Å²) in [5, 5.41) is 3.57. The summed E-state index contributed by atoms with van der Waals surface area (Å²) in [6.45, 7) is 11.0. The van der Waals surface area contributed by atoms with Crippen molar-refractivity contribution in [1.29, 1.82) is 0 Å². The Kier molecular flexibility index (Phi) is 6.47. The third-order valence-electron chi connectivity index (χ3n) is 7.69. The van der Waals surface area contributed by atoms with E-state index in [-0.39, 0.29) is 29.5 Å². The van der Waals surface area contributed by atoms with Crippen molar-refractivity contribution in [3.05, 3.63) is 52.3 Å². The number of benzene rings is 2. The lowest BCUT2D eigenvalue weighted by atomic mass is 9.85. The molecule has 188 valence electrons. The van der Waals surface area contributed by atoms with E-state index in [4.69, 9.17) is 21.1 Å². The Morgan fingerprint density at radius 3 is 2.60 bits per heavy atom. The molecule has 1 aliphatic carbocycles. The predicted molar refractivity (Wildman–Crippen MR) is 135 cm³/mol. The SMILES string of the molecule is CC(C)Oc1cc(-c2cc3c(cc2F)[C@H](NC(=O)O[C@H]2CN4CCC2CC4)C(C)(C)C3)ccc1Cl. The molecule has 35 heavy (non-hydrogen) atoms. The van der Waals surface area contributed by atoms with Gasteiger partial charge in [0.2, 0.25) is 0 Å². The lowest BCUT2D eigenvalue weighted by Crippen LogP contribution is -2.53. The average Bonchev–Trinajstić information content (AvgIpc) is 3.04. The van der Waals surface area contributed by atoms with Crippen molar-refractivity contribution in [2.75, 3.05) is 19.6 Å². The van der Waals surface area contributed by atoms with Crippen molar-refractivity contribution < 1.29 is 18.7 Å². The maximum absolute atomic E-state index is 15.4. The normalized spacial score (nSPS) is 26.5. The zero-order valence-corrected chi connectivity index (χ0v) is 21.6. The Hall–Kier alpha value is -2.31. The van der Waals surface area contributed by atoms with Gasteiger partial charge >= 0.3 is 6.09 Å².